The molecule has 1 saturated heterocycles. The number of nitrogens with zero attached hydrogens (tertiary/aromatic N) is 7. The molecule has 1 unspecified atom stereocenters. The molecule has 0 radical (unpaired) electrons. The van der Waals surface area contributed by atoms with Crippen molar-refractivity contribution in [3.63, 3.8) is 0 Å². The van der Waals surface area contributed by atoms with Gasteiger partial charge < -0.3 is 14.4 Å². The number of fused-ring (bicyclic) bond motifs is 1. The summed E-state index contributed by atoms with van der Waals surface area (Å²) >= 11 is 0. The highest BCUT2D eigenvalue weighted by Crippen LogP contribution is 2.33. The lowest BCUT2D eigenvalue weighted by Crippen LogP contribution is -2.47. The van der Waals surface area contributed by atoms with Crippen LogP contribution < -0.4 is 4.90 Å². The van der Waals surface area contributed by atoms with Crippen molar-refractivity contribution >= 4 is 17.1 Å². The maximum Gasteiger partial charge on any atom is 0.228 e. The number of ether oxygens (including phenoxy) is 2. The largest absolute Gasteiger partial charge is 0.366 e. The van der Waals surface area contributed by atoms with Crippen LogP contribution in [0, 0.1) is 31.4 Å². The zero-order valence-electron chi connectivity index (χ0n) is 21.4. The number of hydrogen-bond acceptors (Lipinski definition) is 8. The van der Waals surface area contributed by atoms with Crippen molar-refractivity contribution in [3.05, 3.63) is 59.2 Å². The molecule has 1 fully saturated rings. The molecule has 194 valence electrons. The van der Waals surface area contributed by atoms with E-state index in [9.17, 15) is 8.78 Å². The number of halogens is 2. The van der Waals surface area contributed by atoms with Gasteiger partial charge in [-0.3, -0.25) is 0 Å². The van der Waals surface area contributed by atoms with Crippen LogP contribution in [0.1, 0.15) is 36.9 Å². The number of rotatable bonds is 6. The Bertz CT molecular complexity index is 1440. The van der Waals surface area contributed by atoms with E-state index in [1.54, 1.807) is 18.0 Å². The van der Waals surface area contributed by atoms with Crippen molar-refractivity contribution in [2.45, 2.75) is 46.6 Å². The normalized spacial score (nSPS) is 18.2. The van der Waals surface area contributed by atoms with Gasteiger partial charge in [-0.05, 0) is 31.9 Å². The molecule has 1 aromatic carbocycles. The minimum absolute atomic E-state index is 0.110. The first-order chi connectivity index (χ1) is 17.7. The first-order valence-electron chi connectivity index (χ1n) is 12.1. The van der Waals surface area contributed by atoms with Crippen molar-refractivity contribution in [3.8, 4) is 11.3 Å². The van der Waals surface area contributed by atoms with Crippen LogP contribution in [-0.2, 0) is 16.2 Å². The number of hydrogen-bond donors (Lipinski definition) is 0. The summed E-state index contributed by atoms with van der Waals surface area (Å²) in [6.45, 7) is 9.19. The third-order valence-corrected chi connectivity index (χ3v) is 6.56. The second-order valence-electron chi connectivity index (χ2n) is 9.61. The van der Waals surface area contributed by atoms with Crippen molar-refractivity contribution in [1.82, 2.24) is 29.7 Å². The molecule has 1 aliphatic heterocycles. The number of aryl methyl sites for hydroxylation is 2. The van der Waals surface area contributed by atoms with Gasteiger partial charge in [-0.1, -0.05) is 13.8 Å². The standard InChI is InChI=1S/C26H29F2N7O2/c1-14(2)21-11-34(12-22(37-21)17-9-29-35(10-17)13-36-5)26-32-23(19-7-6-18(27)8-20(19)28)24-25(33-26)31-16(4)15(3)30-24/h6-10,14,21-22H,11-13H2,1-5H3/t21?,22-/m1/s1. The number of anilines is 1. The van der Waals surface area contributed by atoms with Crippen molar-refractivity contribution in [1.29, 1.82) is 0 Å². The molecule has 1 aliphatic rings. The Hall–Kier alpha value is -3.57. The second-order valence-corrected chi connectivity index (χ2v) is 9.61. The molecule has 11 heteroatoms. The van der Waals surface area contributed by atoms with Crippen LogP contribution in [0.25, 0.3) is 22.4 Å². The smallest absolute Gasteiger partial charge is 0.228 e. The van der Waals surface area contributed by atoms with Crippen molar-refractivity contribution in [2.24, 2.45) is 5.92 Å². The summed E-state index contributed by atoms with van der Waals surface area (Å²) in [7, 11) is 1.61. The molecule has 0 amide bonds. The summed E-state index contributed by atoms with van der Waals surface area (Å²) in [6, 6.07) is 3.42. The number of methoxy groups -OCH3 is 1. The predicted molar refractivity (Wildman–Crippen MR) is 134 cm³/mol. The highest BCUT2D eigenvalue weighted by molar-refractivity contribution is 5.88. The summed E-state index contributed by atoms with van der Waals surface area (Å²) in [4.78, 5) is 20.8. The zero-order valence-corrected chi connectivity index (χ0v) is 21.4. The van der Waals surface area contributed by atoms with Gasteiger partial charge in [0, 0.05) is 37.0 Å². The average Bonchev–Trinajstić information content (AvgIpc) is 3.33. The van der Waals surface area contributed by atoms with Crippen LogP contribution >= 0.6 is 0 Å². The Labute approximate surface area is 213 Å². The lowest BCUT2D eigenvalue weighted by molar-refractivity contribution is -0.0503. The average molecular weight is 510 g/mol. The molecule has 4 aromatic rings. The quantitative estimate of drug-likeness (QED) is 0.378. The molecule has 0 spiro atoms. The van der Waals surface area contributed by atoms with E-state index in [4.69, 9.17) is 19.4 Å². The lowest BCUT2D eigenvalue weighted by Gasteiger charge is -2.39. The molecular weight excluding hydrogens is 480 g/mol. The van der Waals surface area contributed by atoms with Gasteiger partial charge in [0.15, 0.2) is 5.65 Å². The number of aromatic nitrogens is 6. The predicted octanol–water partition coefficient (Wildman–Crippen LogP) is 4.38. The molecule has 4 heterocycles. The van der Waals surface area contributed by atoms with Gasteiger partial charge in [0.2, 0.25) is 5.95 Å². The summed E-state index contributed by atoms with van der Waals surface area (Å²) in [5, 5.41) is 4.35. The van der Waals surface area contributed by atoms with Gasteiger partial charge in [-0.2, -0.15) is 10.1 Å². The van der Waals surface area contributed by atoms with Gasteiger partial charge in [-0.15, -0.1) is 0 Å². The van der Waals surface area contributed by atoms with E-state index in [0.29, 0.717) is 48.3 Å². The first kappa shape index (κ1) is 25.1. The highest BCUT2D eigenvalue weighted by atomic mass is 19.1. The Balaban J connectivity index is 1.61. The number of benzene rings is 1. The molecule has 2 atom stereocenters. The Kier molecular flexibility index (Phi) is 6.82. The molecular formula is C26H29F2N7O2. The fraction of sp³-hybridized carbons (Fsp3) is 0.423. The van der Waals surface area contributed by atoms with E-state index in [-0.39, 0.29) is 29.4 Å². The molecule has 0 bridgehead atoms. The van der Waals surface area contributed by atoms with Crippen LogP contribution in [0.3, 0.4) is 0 Å². The third-order valence-electron chi connectivity index (χ3n) is 6.56. The van der Waals surface area contributed by atoms with E-state index in [1.807, 2.05) is 24.9 Å². The van der Waals surface area contributed by atoms with Crippen LogP contribution in [-0.4, -0.2) is 56.0 Å². The van der Waals surface area contributed by atoms with E-state index < -0.39 is 11.6 Å². The molecule has 37 heavy (non-hydrogen) atoms. The van der Waals surface area contributed by atoms with Crippen molar-refractivity contribution in [2.75, 3.05) is 25.1 Å². The maximum atomic E-state index is 14.9. The van der Waals surface area contributed by atoms with Gasteiger partial charge >= 0.3 is 0 Å². The van der Waals surface area contributed by atoms with Crippen LogP contribution in [0.2, 0.25) is 0 Å². The van der Waals surface area contributed by atoms with Gasteiger partial charge in [-0.25, -0.2) is 28.4 Å². The zero-order chi connectivity index (χ0) is 26.3. The van der Waals surface area contributed by atoms with Gasteiger partial charge in [0.25, 0.3) is 0 Å². The summed E-state index contributed by atoms with van der Waals surface area (Å²) < 4.78 is 41.9. The minimum atomic E-state index is -0.726. The van der Waals surface area contributed by atoms with Gasteiger partial charge in [0.1, 0.15) is 35.7 Å². The Morgan fingerprint density at radius 3 is 2.59 bits per heavy atom. The third kappa shape index (κ3) is 5.01. The van der Waals surface area contributed by atoms with E-state index in [2.05, 4.69) is 28.9 Å². The minimum Gasteiger partial charge on any atom is -0.366 e. The first-order valence-corrected chi connectivity index (χ1v) is 12.1. The summed E-state index contributed by atoms with van der Waals surface area (Å²) in [5.41, 5.74) is 3.43. The fourth-order valence-corrected chi connectivity index (χ4v) is 4.36. The summed E-state index contributed by atoms with van der Waals surface area (Å²) in [6.07, 6.45) is 3.26. The molecule has 0 aliphatic carbocycles. The Morgan fingerprint density at radius 2 is 1.86 bits per heavy atom. The fourth-order valence-electron chi connectivity index (χ4n) is 4.36. The van der Waals surface area contributed by atoms with E-state index in [1.165, 1.54) is 12.1 Å². The molecule has 5 rings (SSSR count). The van der Waals surface area contributed by atoms with Crippen molar-refractivity contribution < 1.29 is 18.3 Å². The topological polar surface area (TPSA) is 91.1 Å². The Morgan fingerprint density at radius 1 is 1.08 bits per heavy atom. The molecule has 3 aromatic heterocycles. The maximum absolute atomic E-state index is 14.9. The molecule has 0 N–H and O–H groups in total. The highest BCUT2D eigenvalue weighted by Gasteiger charge is 2.33. The second kappa shape index (κ2) is 10.1. The van der Waals surface area contributed by atoms with Crippen LogP contribution in [0.5, 0.6) is 0 Å². The molecule has 0 saturated carbocycles. The van der Waals surface area contributed by atoms with Crippen LogP contribution in [0.15, 0.2) is 30.6 Å². The molecule has 9 nitrogen and oxygen atoms in total. The monoisotopic (exact) mass is 509 g/mol. The van der Waals surface area contributed by atoms with Gasteiger partial charge in [0.05, 0.1) is 30.2 Å². The van der Waals surface area contributed by atoms with Crippen LogP contribution in [0.4, 0.5) is 14.7 Å². The number of morpholine rings is 1. The van der Waals surface area contributed by atoms with E-state index >= 15 is 0 Å². The summed E-state index contributed by atoms with van der Waals surface area (Å²) in [5.74, 6) is -0.787. The SMILES string of the molecule is COCn1cc([C@H]2CN(c3nc(-c4ccc(F)cc4F)c4nc(C)c(C)nc4n3)CC(C(C)C)O2)cn1. The van der Waals surface area contributed by atoms with E-state index in [0.717, 1.165) is 11.6 Å². The lowest BCUT2D eigenvalue weighted by atomic mass is 10.0.